The van der Waals surface area contributed by atoms with Crippen molar-refractivity contribution in [3.8, 4) is 0 Å². The van der Waals surface area contributed by atoms with Gasteiger partial charge in [0, 0.05) is 19.1 Å². The van der Waals surface area contributed by atoms with E-state index in [-0.39, 0.29) is 12.5 Å². The molecule has 0 saturated heterocycles. The predicted octanol–water partition coefficient (Wildman–Crippen LogP) is 2.08. The summed E-state index contributed by atoms with van der Waals surface area (Å²) < 4.78 is 0. The molecule has 1 aromatic carbocycles. The lowest BCUT2D eigenvalue weighted by Gasteiger charge is -2.34. The molecule has 0 aliphatic carbocycles. The fourth-order valence-electron chi connectivity index (χ4n) is 2.04. The van der Waals surface area contributed by atoms with Crippen molar-refractivity contribution in [3.05, 3.63) is 35.9 Å². The summed E-state index contributed by atoms with van der Waals surface area (Å²) in [6.07, 6.45) is 0.0864. The predicted molar refractivity (Wildman–Crippen MR) is 75.0 cm³/mol. The molecule has 0 amide bonds. The Morgan fingerprint density at radius 3 is 2.37 bits per heavy atom. The van der Waals surface area contributed by atoms with E-state index in [2.05, 4.69) is 0 Å². The first-order valence-electron chi connectivity index (χ1n) is 6.56. The minimum absolute atomic E-state index is 0.0864. The van der Waals surface area contributed by atoms with Crippen LogP contribution in [0.25, 0.3) is 0 Å². The fraction of sp³-hybridized carbons (Fsp3) is 0.533. The summed E-state index contributed by atoms with van der Waals surface area (Å²) in [5, 5.41) is 19.4. The Morgan fingerprint density at radius 1 is 1.32 bits per heavy atom. The highest BCUT2D eigenvalue weighted by Crippen LogP contribution is 2.22. The molecule has 0 spiro atoms. The van der Waals surface area contributed by atoms with Gasteiger partial charge in [0.1, 0.15) is 0 Å². The lowest BCUT2D eigenvalue weighted by molar-refractivity contribution is -0.137. The third-order valence-corrected chi connectivity index (χ3v) is 3.25. The molecule has 0 saturated carbocycles. The van der Waals surface area contributed by atoms with Crippen molar-refractivity contribution in [2.24, 2.45) is 0 Å². The molecule has 1 aromatic rings. The monoisotopic (exact) mass is 265 g/mol. The molecule has 0 radical (unpaired) electrons. The summed E-state index contributed by atoms with van der Waals surface area (Å²) >= 11 is 0. The van der Waals surface area contributed by atoms with Crippen molar-refractivity contribution in [2.45, 2.75) is 38.8 Å². The van der Waals surface area contributed by atoms with Crippen LogP contribution in [0, 0.1) is 0 Å². The second kappa shape index (κ2) is 6.68. The van der Waals surface area contributed by atoms with Gasteiger partial charge < -0.3 is 10.2 Å². The smallest absolute Gasteiger partial charge is 0.304 e. The standard InChI is InChI=1S/C15H23NO3/c1-12(2)16(10-9-14(17)18)11-15(3,19)13-7-5-4-6-8-13/h4-8,12,19H,9-11H2,1-3H3,(H,17,18). The van der Waals surface area contributed by atoms with E-state index in [1.54, 1.807) is 6.92 Å². The van der Waals surface area contributed by atoms with Gasteiger partial charge in [0.25, 0.3) is 0 Å². The zero-order valence-electron chi connectivity index (χ0n) is 11.8. The summed E-state index contributed by atoms with van der Waals surface area (Å²) in [4.78, 5) is 12.7. The molecule has 4 heteroatoms. The van der Waals surface area contributed by atoms with E-state index in [1.165, 1.54) is 0 Å². The minimum atomic E-state index is -0.982. The van der Waals surface area contributed by atoms with Gasteiger partial charge in [-0.15, -0.1) is 0 Å². The molecule has 2 N–H and O–H groups in total. The first-order valence-corrected chi connectivity index (χ1v) is 6.56. The van der Waals surface area contributed by atoms with E-state index >= 15 is 0 Å². The highest BCUT2D eigenvalue weighted by Gasteiger charge is 2.27. The maximum absolute atomic E-state index is 10.7. The van der Waals surface area contributed by atoms with Crippen molar-refractivity contribution in [1.82, 2.24) is 4.90 Å². The van der Waals surface area contributed by atoms with Gasteiger partial charge in [-0.2, -0.15) is 0 Å². The van der Waals surface area contributed by atoms with Crippen molar-refractivity contribution in [3.63, 3.8) is 0 Å². The lowest BCUT2D eigenvalue weighted by atomic mass is 9.95. The Labute approximate surface area is 114 Å². The van der Waals surface area contributed by atoms with Crippen LogP contribution in [0.5, 0.6) is 0 Å². The molecule has 0 heterocycles. The molecular formula is C15H23NO3. The number of rotatable bonds is 7. The number of benzene rings is 1. The zero-order chi connectivity index (χ0) is 14.5. The van der Waals surface area contributed by atoms with Crippen molar-refractivity contribution in [2.75, 3.05) is 13.1 Å². The number of hydrogen-bond donors (Lipinski definition) is 2. The van der Waals surface area contributed by atoms with Crippen LogP contribution in [-0.2, 0) is 10.4 Å². The van der Waals surface area contributed by atoms with Gasteiger partial charge in [-0.05, 0) is 26.3 Å². The number of hydrogen-bond acceptors (Lipinski definition) is 3. The highest BCUT2D eigenvalue weighted by atomic mass is 16.4. The van der Waals surface area contributed by atoms with Crippen LogP contribution in [0.4, 0.5) is 0 Å². The Balaban J connectivity index is 2.75. The van der Waals surface area contributed by atoms with Crippen LogP contribution in [0.15, 0.2) is 30.3 Å². The van der Waals surface area contributed by atoms with Crippen LogP contribution in [0.1, 0.15) is 32.8 Å². The van der Waals surface area contributed by atoms with Crippen LogP contribution in [0.3, 0.4) is 0 Å². The number of carboxylic acids is 1. The van der Waals surface area contributed by atoms with E-state index in [4.69, 9.17) is 5.11 Å². The average Bonchev–Trinajstić information content (AvgIpc) is 2.35. The SMILES string of the molecule is CC(C)N(CCC(=O)O)CC(C)(O)c1ccccc1. The molecule has 19 heavy (non-hydrogen) atoms. The molecule has 4 nitrogen and oxygen atoms in total. The van der Waals surface area contributed by atoms with Crippen LogP contribution in [-0.4, -0.2) is 40.2 Å². The van der Waals surface area contributed by atoms with Crippen molar-refractivity contribution < 1.29 is 15.0 Å². The average molecular weight is 265 g/mol. The van der Waals surface area contributed by atoms with Gasteiger partial charge >= 0.3 is 5.97 Å². The molecule has 106 valence electrons. The molecule has 0 aromatic heterocycles. The first-order chi connectivity index (χ1) is 8.83. The summed E-state index contributed by atoms with van der Waals surface area (Å²) in [7, 11) is 0. The van der Waals surface area contributed by atoms with Gasteiger partial charge in [-0.1, -0.05) is 30.3 Å². The van der Waals surface area contributed by atoms with Gasteiger partial charge in [-0.3, -0.25) is 9.69 Å². The minimum Gasteiger partial charge on any atom is -0.481 e. The summed E-state index contributed by atoms with van der Waals surface area (Å²) in [6, 6.07) is 9.64. The maximum atomic E-state index is 10.7. The molecule has 0 aliphatic heterocycles. The van der Waals surface area contributed by atoms with Gasteiger partial charge in [0.2, 0.25) is 0 Å². The Bertz CT molecular complexity index is 401. The van der Waals surface area contributed by atoms with E-state index in [0.717, 1.165) is 5.56 Å². The topological polar surface area (TPSA) is 60.8 Å². The van der Waals surface area contributed by atoms with Crippen LogP contribution in [0.2, 0.25) is 0 Å². The van der Waals surface area contributed by atoms with Crippen LogP contribution >= 0.6 is 0 Å². The van der Waals surface area contributed by atoms with E-state index < -0.39 is 11.6 Å². The van der Waals surface area contributed by atoms with Gasteiger partial charge in [0.15, 0.2) is 0 Å². The van der Waals surface area contributed by atoms with Gasteiger partial charge in [0.05, 0.1) is 12.0 Å². The Hall–Kier alpha value is -1.39. The molecule has 0 fully saturated rings. The quantitative estimate of drug-likeness (QED) is 0.792. The number of carboxylic acid groups (broad SMARTS) is 1. The lowest BCUT2D eigenvalue weighted by Crippen LogP contribution is -2.43. The molecule has 0 aliphatic rings. The van der Waals surface area contributed by atoms with E-state index in [0.29, 0.717) is 13.1 Å². The van der Waals surface area contributed by atoms with Crippen LogP contribution < -0.4 is 0 Å². The van der Waals surface area contributed by atoms with Crippen molar-refractivity contribution >= 4 is 5.97 Å². The second-order valence-electron chi connectivity index (χ2n) is 5.35. The summed E-state index contributed by atoms with van der Waals surface area (Å²) in [5.74, 6) is -0.815. The third-order valence-electron chi connectivity index (χ3n) is 3.25. The summed E-state index contributed by atoms with van der Waals surface area (Å²) in [6.45, 7) is 6.63. The number of carbonyl (C=O) groups is 1. The second-order valence-corrected chi connectivity index (χ2v) is 5.35. The van der Waals surface area contributed by atoms with E-state index in [1.807, 2.05) is 49.1 Å². The molecule has 0 bridgehead atoms. The molecule has 1 unspecified atom stereocenters. The fourth-order valence-corrected chi connectivity index (χ4v) is 2.04. The van der Waals surface area contributed by atoms with Gasteiger partial charge in [-0.25, -0.2) is 0 Å². The number of aliphatic hydroxyl groups is 1. The largest absolute Gasteiger partial charge is 0.481 e. The highest BCUT2D eigenvalue weighted by molar-refractivity contribution is 5.66. The normalized spacial score (nSPS) is 14.6. The number of aliphatic carboxylic acids is 1. The Morgan fingerprint density at radius 2 is 1.89 bits per heavy atom. The molecule has 1 atom stereocenters. The summed E-state index contributed by atoms with van der Waals surface area (Å²) in [5.41, 5.74) is -0.139. The maximum Gasteiger partial charge on any atom is 0.304 e. The Kier molecular flexibility index (Phi) is 5.51. The molecule has 1 rings (SSSR count). The zero-order valence-corrected chi connectivity index (χ0v) is 11.8. The molecular weight excluding hydrogens is 242 g/mol. The van der Waals surface area contributed by atoms with Crippen molar-refractivity contribution in [1.29, 1.82) is 0 Å². The first kappa shape index (κ1) is 15.7. The third kappa shape index (κ3) is 5.01. The van der Waals surface area contributed by atoms with E-state index in [9.17, 15) is 9.90 Å². The number of nitrogens with zero attached hydrogens (tertiary/aromatic N) is 1.